The molecule has 0 aromatic heterocycles. The summed E-state index contributed by atoms with van der Waals surface area (Å²) in [5.41, 5.74) is 2.86. The highest BCUT2D eigenvalue weighted by atomic mass is 16.5. The third-order valence-electron chi connectivity index (χ3n) is 5.95. The van der Waals surface area contributed by atoms with Crippen LogP contribution in [0.1, 0.15) is 34.5 Å². The lowest BCUT2D eigenvalue weighted by atomic mass is 10.0. The number of methoxy groups -OCH3 is 4. The topological polar surface area (TPSA) is 60.5 Å². The molecule has 0 N–H and O–H groups in total. The van der Waals surface area contributed by atoms with E-state index >= 15 is 0 Å². The van der Waals surface area contributed by atoms with Gasteiger partial charge >= 0.3 is 5.97 Å². The molecular formula is C24H32N2O5. The Morgan fingerprint density at radius 3 is 2.06 bits per heavy atom. The van der Waals surface area contributed by atoms with Crippen molar-refractivity contribution in [1.82, 2.24) is 9.80 Å². The molecule has 0 aliphatic carbocycles. The molecule has 7 heteroatoms. The molecule has 1 unspecified atom stereocenters. The van der Waals surface area contributed by atoms with E-state index in [2.05, 4.69) is 16.7 Å². The van der Waals surface area contributed by atoms with Crippen LogP contribution >= 0.6 is 0 Å². The predicted octanol–water partition coefficient (Wildman–Crippen LogP) is 3.38. The van der Waals surface area contributed by atoms with Crippen molar-refractivity contribution in [3.63, 3.8) is 0 Å². The van der Waals surface area contributed by atoms with Crippen molar-refractivity contribution in [2.75, 3.05) is 54.6 Å². The molecule has 1 aliphatic heterocycles. The fraction of sp³-hybridized carbons (Fsp3) is 0.458. The van der Waals surface area contributed by atoms with E-state index in [-0.39, 0.29) is 12.0 Å². The van der Waals surface area contributed by atoms with Gasteiger partial charge < -0.3 is 18.9 Å². The molecular weight excluding hydrogens is 396 g/mol. The molecule has 0 bridgehead atoms. The number of carbonyl (C=O) groups is 1. The highest BCUT2D eigenvalue weighted by Crippen LogP contribution is 2.40. The quantitative estimate of drug-likeness (QED) is 0.598. The number of carbonyl (C=O) groups excluding carboxylic acids is 1. The average Bonchev–Trinajstić information content (AvgIpc) is 2.83. The third-order valence-corrected chi connectivity index (χ3v) is 5.95. The molecule has 1 heterocycles. The molecule has 168 valence electrons. The number of piperazine rings is 1. The van der Waals surface area contributed by atoms with Crippen molar-refractivity contribution < 1.29 is 23.7 Å². The number of hydrogen-bond acceptors (Lipinski definition) is 7. The molecule has 0 saturated carbocycles. The Labute approximate surface area is 184 Å². The summed E-state index contributed by atoms with van der Waals surface area (Å²) in [5.74, 6) is 1.71. The van der Waals surface area contributed by atoms with Gasteiger partial charge in [-0.3, -0.25) is 9.80 Å². The summed E-state index contributed by atoms with van der Waals surface area (Å²) in [6.45, 7) is 6.86. The lowest BCUT2D eigenvalue weighted by Crippen LogP contribution is -2.46. The standard InChI is InChI=1S/C24H32N2O5/c1-17(18-6-8-19(9-7-18)24(27)31-5)26-14-12-25(13-15-26)16-20-10-11-21(28-2)23(30-4)22(20)29-3/h6-11,17H,12-16H2,1-5H3. The van der Waals surface area contributed by atoms with Crippen LogP contribution in [0.2, 0.25) is 0 Å². The summed E-state index contributed by atoms with van der Waals surface area (Å²) in [6, 6.07) is 11.9. The second-order valence-corrected chi connectivity index (χ2v) is 7.60. The fourth-order valence-electron chi connectivity index (χ4n) is 4.06. The predicted molar refractivity (Wildman–Crippen MR) is 119 cm³/mol. The van der Waals surface area contributed by atoms with Gasteiger partial charge in [0.15, 0.2) is 11.5 Å². The first-order valence-electron chi connectivity index (χ1n) is 10.4. The first-order valence-corrected chi connectivity index (χ1v) is 10.4. The maximum atomic E-state index is 11.6. The van der Waals surface area contributed by atoms with Gasteiger partial charge in [0.1, 0.15) is 0 Å². The van der Waals surface area contributed by atoms with Crippen LogP contribution in [0.5, 0.6) is 17.2 Å². The second-order valence-electron chi connectivity index (χ2n) is 7.60. The van der Waals surface area contributed by atoms with Crippen molar-refractivity contribution >= 4 is 5.97 Å². The SMILES string of the molecule is COC(=O)c1ccc(C(C)N2CCN(Cc3ccc(OC)c(OC)c3OC)CC2)cc1. The molecule has 3 rings (SSSR count). The maximum Gasteiger partial charge on any atom is 0.337 e. The number of nitrogens with zero attached hydrogens (tertiary/aromatic N) is 2. The maximum absolute atomic E-state index is 11.6. The number of benzene rings is 2. The Balaban J connectivity index is 1.61. The van der Waals surface area contributed by atoms with Crippen LogP contribution in [0.3, 0.4) is 0 Å². The summed E-state index contributed by atoms with van der Waals surface area (Å²) in [5, 5.41) is 0. The van der Waals surface area contributed by atoms with Gasteiger partial charge in [0.2, 0.25) is 5.75 Å². The highest BCUT2D eigenvalue weighted by Gasteiger charge is 2.24. The van der Waals surface area contributed by atoms with Gasteiger partial charge in [-0.05, 0) is 30.7 Å². The van der Waals surface area contributed by atoms with Crippen molar-refractivity contribution in [3.8, 4) is 17.2 Å². The largest absolute Gasteiger partial charge is 0.493 e. The monoisotopic (exact) mass is 428 g/mol. The van der Waals surface area contributed by atoms with Crippen LogP contribution in [0.4, 0.5) is 0 Å². The van der Waals surface area contributed by atoms with Crippen LogP contribution in [-0.2, 0) is 11.3 Å². The Morgan fingerprint density at radius 1 is 0.871 bits per heavy atom. The zero-order valence-corrected chi connectivity index (χ0v) is 19.0. The average molecular weight is 429 g/mol. The van der Waals surface area contributed by atoms with Crippen molar-refractivity contribution in [2.45, 2.75) is 19.5 Å². The van der Waals surface area contributed by atoms with Crippen LogP contribution in [0.25, 0.3) is 0 Å². The molecule has 0 radical (unpaired) electrons. The van der Waals surface area contributed by atoms with Crippen LogP contribution < -0.4 is 14.2 Å². The number of esters is 1. The van der Waals surface area contributed by atoms with E-state index in [1.165, 1.54) is 12.7 Å². The molecule has 7 nitrogen and oxygen atoms in total. The minimum atomic E-state index is -0.307. The molecule has 0 spiro atoms. The summed E-state index contributed by atoms with van der Waals surface area (Å²) in [4.78, 5) is 16.5. The number of rotatable bonds is 8. The van der Waals surface area contributed by atoms with Crippen molar-refractivity contribution in [3.05, 3.63) is 53.1 Å². The summed E-state index contributed by atoms with van der Waals surface area (Å²) < 4.78 is 21.3. The Morgan fingerprint density at radius 2 is 1.52 bits per heavy atom. The van der Waals surface area contributed by atoms with Gasteiger partial charge in [-0.1, -0.05) is 18.2 Å². The van der Waals surface area contributed by atoms with E-state index in [1.54, 1.807) is 21.3 Å². The summed E-state index contributed by atoms with van der Waals surface area (Å²) in [7, 11) is 6.31. The Hall–Kier alpha value is -2.77. The first kappa shape index (κ1) is 22.9. The second kappa shape index (κ2) is 10.5. The van der Waals surface area contributed by atoms with Crippen molar-refractivity contribution in [2.24, 2.45) is 0 Å². The van der Waals surface area contributed by atoms with Gasteiger partial charge in [-0.2, -0.15) is 0 Å². The van der Waals surface area contributed by atoms with Crippen LogP contribution in [0.15, 0.2) is 36.4 Å². The lowest BCUT2D eigenvalue weighted by molar-refractivity contribution is 0.0600. The Kier molecular flexibility index (Phi) is 7.76. The van der Waals surface area contributed by atoms with Gasteiger partial charge in [0, 0.05) is 44.3 Å². The molecule has 1 saturated heterocycles. The van der Waals surface area contributed by atoms with E-state index in [4.69, 9.17) is 18.9 Å². The highest BCUT2D eigenvalue weighted by molar-refractivity contribution is 5.89. The zero-order valence-electron chi connectivity index (χ0n) is 19.0. The van der Waals surface area contributed by atoms with Gasteiger partial charge in [0.25, 0.3) is 0 Å². The number of ether oxygens (including phenoxy) is 4. The molecule has 1 atom stereocenters. The molecule has 31 heavy (non-hydrogen) atoms. The smallest absolute Gasteiger partial charge is 0.337 e. The van der Waals surface area contributed by atoms with Crippen molar-refractivity contribution in [1.29, 1.82) is 0 Å². The summed E-state index contributed by atoms with van der Waals surface area (Å²) in [6.07, 6.45) is 0. The van der Waals surface area contributed by atoms with E-state index in [0.717, 1.165) is 44.0 Å². The summed E-state index contributed by atoms with van der Waals surface area (Å²) >= 11 is 0. The Bertz CT molecular complexity index is 876. The molecule has 2 aromatic rings. The lowest BCUT2D eigenvalue weighted by Gasteiger charge is -2.38. The fourth-order valence-corrected chi connectivity index (χ4v) is 4.06. The zero-order chi connectivity index (χ0) is 22.4. The molecule has 1 aliphatic rings. The van der Waals surface area contributed by atoms with Gasteiger partial charge in [0.05, 0.1) is 34.0 Å². The first-order chi connectivity index (χ1) is 15.0. The minimum Gasteiger partial charge on any atom is -0.493 e. The number of hydrogen-bond donors (Lipinski definition) is 0. The van der Waals surface area contributed by atoms with E-state index in [1.807, 2.05) is 36.4 Å². The minimum absolute atomic E-state index is 0.282. The third kappa shape index (κ3) is 5.11. The molecule has 1 fully saturated rings. The van der Waals surface area contributed by atoms with Crippen LogP contribution in [-0.4, -0.2) is 70.4 Å². The van der Waals surface area contributed by atoms with E-state index in [9.17, 15) is 4.79 Å². The van der Waals surface area contributed by atoms with E-state index in [0.29, 0.717) is 17.1 Å². The van der Waals surface area contributed by atoms with Gasteiger partial charge in [-0.25, -0.2) is 4.79 Å². The van der Waals surface area contributed by atoms with Gasteiger partial charge in [-0.15, -0.1) is 0 Å². The molecule has 2 aromatic carbocycles. The molecule has 0 amide bonds. The van der Waals surface area contributed by atoms with E-state index < -0.39 is 0 Å². The van der Waals surface area contributed by atoms with Crippen LogP contribution in [0, 0.1) is 0 Å². The normalized spacial score (nSPS) is 15.9.